The lowest BCUT2D eigenvalue weighted by Crippen LogP contribution is -2.24. The molecule has 1 saturated carbocycles. The summed E-state index contributed by atoms with van der Waals surface area (Å²) < 4.78 is 1.52. The number of hydrogen-bond donors (Lipinski definition) is 4. The van der Waals surface area contributed by atoms with Gasteiger partial charge in [0.15, 0.2) is 5.65 Å². The Kier molecular flexibility index (Phi) is 4.03. The van der Waals surface area contributed by atoms with Crippen molar-refractivity contribution in [3.63, 3.8) is 0 Å². The highest BCUT2D eigenvalue weighted by Crippen LogP contribution is 2.22. The normalized spacial score (nSPS) is 14.9. The number of imidazole rings is 1. The molecule has 1 aromatic carbocycles. The van der Waals surface area contributed by atoms with Gasteiger partial charge in [-0.05, 0) is 43.2 Å². The standard InChI is InChI=1S/C19H15N9O2/c20-8-10-1-3-12(4-2-10)22-17-25-15-11(7-14-16(29)26-19(30)24-14)9-21-28(15)18(27-17)23-13-5-6-13/h1-4,7,9,13,29H,5-6H2,(H,22,23,27)(H2,24,26,30). The van der Waals surface area contributed by atoms with E-state index in [1.54, 1.807) is 36.5 Å². The Morgan fingerprint density at radius 1 is 1.27 bits per heavy atom. The molecule has 0 aliphatic heterocycles. The van der Waals surface area contributed by atoms with Gasteiger partial charge in [0, 0.05) is 10.9 Å². The molecular weight excluding hydrogens is 386 g/mol. The van der Waals surface area contributed by atoms with E-state index in [4.69, 9.17) is 5.26 Å². The third-order valence-electron chi connectivity index (χ3n) is 4.53. The molecule has 1 fully saturated rings. The van der Waals surface area contributed by atoms with E-state index in [1.165, 1.54) is 4.52 Å². The minimum atomic E-state index is -0.516. The summed E-state index contributed by atoms with van der Waals surface area (Å²) in [6, 6.07) is 9.20. The molecule has 30 heavy (non-hydrogen) atoms. The van der Waals surface area contributed by atoms with Gasteiger partial charge in [-0.2, -0.15) is 24.8 Å². The number of fused-ring (bicyclic) bond motifs is 1. The monoisotopic (exact) mass is 401 g/mol. The number of nitriles is 1. The molecule has 0 amide bonds. The van der Waals surface area contributed by atoms with Gasteiger partial charge < -0.3 is 15.4 Å². The van der Waals surface area contributed by atoms with Gasteiger partial charge in [-0.3, -0.25) is 4.98 Å². The van der Waals surface area contributed by atoms with Crippen LogP contribution in [0.5, 0.6) is 5.88 Å². The number of benzene rings is 1. The number of aromatic nitrogens is 6. The molecule has 0 saturated heterocycles. The summed E-state index contributed by atoms with van der Waals surface area (Å²) in [5.41, 5.74) is 1.84. The Bertz CT molecular complexity index is 1470. The molecule has 0 bridgehead atoms. The maximum Gasteiger partial charge on any atom is 0.326 e. The predicted octanol–water partition coefficient (Wildman–Crippen LogP) is 0.0724. The lowest BCUT2D eigenvalue weighted by molar-refractivity contribution is 0.454. The van der Waals surface area contributed by atoms with E-state index < -0.39 is 5.69 Å². The predicted molar refractivity (Wildman–Crippen MR) is 106 cm³/mol. The van der Waals surface area contributed by atoms with Gasteiger partial charge in [0.1, 0.15) is 5.69 Å². The number of rotatable bonds is 4. The topological polar surface area (TPSA) is 160 Å². The van der Waals surface area contributed by atoms with Gasteiger partial charge in [-0.15, -0.1) is 0 Å². The molecule has 3 heterocycles. The molecule has 3 aromatic heterocycles. The van der Waals surface area contributed by atoms with Crippen molar-refractivity contribution >= 4 is 23.4 Å². The Hall–Kier alpha value is -4.46. The van der Waals surface area contributed by atoms with Gasteiger partial charge in [-0.25, -0.2) is 9.79 Å². The van der Waals surface area contributed by atoms with Gasteiger partial charge in [-0.1, -0.05) is 0 Å². The minimum absolute atomic E-state index is 0.215. The summed E-state index contributed by atoms with van der Waals surface area (Å²) in [5, 5.41) is 26.8. The van der Waals surface area contributed by atoms with Crippen LogP contribution < -0.4 is 21.8 Å². The highest BCUT2D eigenvalue weighted by atomic mass is 16.3. The highest BCUT2D eigenvalue weighted by Gasteiger charge is 2.21. The summed E-state index contributed by atoms with van der Waals surface area (Å²) in [6.45, 7) is 0. The fourth-order valence-electron chi connectivity index (χ4n) is 2.89. The smallest absolute Gasteiger partial charge is 0.326 e. The molecular formula is C19H15N9O2. The summed E-state index contributed by atoms with van der Waals surface area (Å²) in [6.07, 6.45) is 5.13. The SMILES string of the molecule is N#Cc1ccc(Nc2nc(=NC3CC3)n3ncc(=Cc4[nH]c(=O)[nH]c4O)c3n2)cc1. The first-order valence-electron chi connectivity index (χ1n) is 9.19. The minimum Gasteiger partial charge on any atom is -0.493 e. The van der Waals surface area contributed by atoms with Crippen LogP contribution in [0, 0.1) is 11.3 Å². The zero-order valence-corrected chi connectivity index (χ0v) is 15.5. The van der Waals surface area contributed by atoms with Crippen molar-refractivity contribution < 1.29 is 5.11 Å². The second-order valence-corrected chi connectivity index (χ2v) is 6.84. The fraction of sp³-hybridized carbons (Fsp3) is 0.158. The van der Waals surface area contributed by atoms with Crippen molar-refractivity contribution in [1.29, 1.82) is 5.26 Å². The average molecular weight is 401 g/mol. The van der Waals surface area contributed by atoms with E-state index in [1.807, 2.05) is 0 Å². The van der Waals surface area contributed by atoms with Crippen LogP contribution in [0.1, 0.15) is 24.1 Å². The van der Waals surface area contributed by atoms with Crippen molar-refractivity contribution in [3.8, 4) is 11.9 Å². The van der Waals surface area contributed by atoms with Crippen molar-refractivity contribution in [3.05, 3.63) is 63.0 Å². The van der Waals surface area contributed by atoms with Crippen LogP contribution >= 0.6 is 0 Å². The van der Waals surface area contributed by atoms with E-state index >= 15 is 0 Å². The summed E-state index contributed by atoms with van der Waals surface area (Å²) >= 11 is 0. The molecule has 0 radical (unpaired) electrons. The Labute approximate surface area is 168 Å². The van der Waals surface area contributed by atoms with Crippen molar-refractivity contribution in [1.82, 2.24) is 29.5 Å². The second-order valence-electron chi connectivity index (χ2n) is 6.84. The van der Waals surface area contributed by atoms with Crippen LogP contribution in [0.15, 0.2) is 40.2 Å². The molecule has 4 N–H and O–H groups in total. The first-order chi connectivity index (χ1) is 14.6. The van der Waals surface area contributed by atoms with Crippen LogP contribution in [0.2, 0.25) is 0 Å². The van der Waals surface area contributed by atoms with Crippen molar-refractivity contribution in [2.75, 3.05) is 5.32 Å². The second kappa shape index (κ2) is 6.85. The Morgan fingerprint density at radius 2 is 2.07 bits per heavy atom. The van der Waals surface area contributed by atoms with E-state index in [0.717, 1.165) is 12.8 Å². The molecule has 148 valence electrons. The molecule has 1 aliphatic rings. The molecule has 11 heteroatoms. The summed E-state index contributed by atoms with van der Waals surface area (Å²) in [5.74, 6) is 0.0424. The molecule has 11 nitrogen and oxygen atoms in total. The summed E-state index contributed by atoms with van der Waals surface area (Å²) in [4.78, 5) is 29.8. The third kappa shape index (κ3) is 3.37. The Balaban J connectivity index is 1.65. The lowest BCUT2D eigenvalue weighted by atomic mass is 10.2. The number of aromatic amines is 2. The van der Waals surface area contributed by atoms with E-state index in [9.17, 15) is 9.90 Å². The molecule has 5 rings (SSSR count). The van der Waals surface area contributed by atoms with E-state index in [0.29, 0.717) is 33.7 Å². The van der Waals surface area contributed by atoms with Gasteiger partial charge in [0.2, 0.25) is 11.8 Å². The number of H-pyrrole nitrogens is 2. The first-order valence-corrected chi connectivity index (χ1v) is 9.19. The Morgan fingerprint density at radius 3 is 2.73 bits per heavy atom. The van der Waals surface area contributed by atoms with Crippen LogP contribution in [0.25, 0.3) is 11.7 Å². The molecule has 0 atom stereocenters. The third-order valence-corrected chi connectivity index (χ3v) is 4.53. The number of hydrogen-bond acceptors (Lipinski definition) is 8. The zero-order valence-electron chi connectivity index (χ0n) is 15.5. The van der Waals surface area contributed by atoms with Crippen LogP contribution in [0.4, 0.5) is 11.6 Å². The van der Waals surface area contributed by atoms with Crippen LogP contribution in [-0.4, -0.2) is 40.7 Å². The van der Waals surface area contributed by atoms with Gasteiger partial charge >= 0.3 is 5.69 Å². The number of nitrogens with zero attached hydrogens (tertiary/aromatic N) is 6. The fourth-order valence-corrected chi connectivity index (χ4v) is 2.89. The van der Waals surface area contributed by atoms with Crippen LogP contribution in [-0.2, 0) is 0 Å². The van der Waals surface area contributed by atoms with Crippen molar-refractivity contribution in [2.45, 2.75) is 18.9 Å². The maximum absolute atomic E-state index is 11.4. The molecule has 4 aromatic rings. The molecule has 0 unspecified atom stereocenters. The molecule has 0 spiro atoms. The molecule has 1 aliphatic carbocycles. The maximum atomic E-state index is 11.4. The number of anilines is 2. The quantitative estimate of drug-likeness (QED) is 0.376. The first kappa shape index (κ1) is 17.6. The summed E-state index contributed by atoms with van der Waals surface area (Å²) in [7, 11) is 0. The van der Waals surface area contributed by atoms with Gasteiger partial charge in [0.25, 0.3) is 5.62 Å². The average Bonchev–Trinajstić information content (AvgIpc) is 3.37. The van der Waals surface area contributed by atoms with Crippen molar-refractivity contribution in [2.24, 2.45) is 4.99 Å². The van der Waals surface area contributed by atoms with E-state index in [-0.39, 0.29) is 17.6 Å². The van der Waals surface area contributed by atoms with E-state index in [2.05, 4.69) is 41.4 Å². The number of aromatic hydroxyl groups is 1. The van der Waals surface area contributed by atoms with Gasteiger partial charge in [0.05, 0.1) is 23.9 Å². The van der Waals surface area contributed by atoms with Crippen LogP contribution in [0.3, 0.4) is 0 Å². The largest absolute Gasteiger partial charge is 0.493 e. The number of nitrogens with one attached hydrogen (secondary N) is 3. The zero-order chi connectivity index (χ0) is 20.7. The highest BCUT2D eigenvalue weighted by molar-refractivity contribution is 5.59. The lowest BCUT2D eigenvalue weighted by Gasteiger charge is -2.05.